The van der Waals surface area contributed by atoms with E-state index in [1.165, 1.54) is 7.11 Å². The van der Waals surface area contributed by atoms with E-state index in [0.29, 0.717) is 13.2 Å². The molecule has 11 heavy (non-hydrogen) atoms. The summed E-state index contributed by atoms with van der Waals surface area (Å²) in [6.07, 6.45) is -1.10. The molecule has 5 heteroatoms. The third kappa shape index (κ3) is 4.58. The Balaban J connectivity index is 3.44. The summed E-state index contributed by atoms with van der Waals surface area (Å²) in [5, 5.41) is 9.23. The molecule has 0 saturated carbocycles. The van der Waals surface area contributed by atoms with Crippen LogP contribution in [0.4, 0.5) is 4.79 Å². The van der Waals surface area contributed by atoms with Crippen LogP contribution < -0.4 is 0 Å². The predicted octanol–water partition coefficient (Wildman–Crippen LogP) is 0.564. The Bertz CT molecular complexity index is 117. The molecule has 0 fully saturated rings. The van der Waals surface area contributed by atoms with Crippen LogP contribution in [0.1, 0.15) is 6.92 Å². The molecule has 0 aliphatic carbocycles. The van der Waals surface area contributed by atoms with E-state index >= 15 is 0 Å². The SMILES string of the molecule is CCOCCN(OC)C(=O)O. The number of hydrogen-bond acceptors (Lipinski definition) is 3. The van der Waals surface area contributed by atoms with Gasteiger partial charge in [-0.3, -0.25) is 4.84 Å². The van der Waals surface area contributed by atoms with Crippen LogP contribution in [-0.2, 0) is 9.57 Å². The first-order valence-electron chi connectivity index (χ1n) is 3.34. The summed E-state index contributed by atoms with van der Waals surface area (Å²) in [5.41, 5.74) is 0. The van der Waals surface area contributed by atoms with E-state index in [1.54, 1.807) is 0 Å². The van der Waals surface area contributed by atoms with Crippen molar-refractivity contribution in [3.8, 4) is 0 Å². The van der Waals surface area contributed by atoms with Gasteiger partial charge >= 0.3 is 6.09 Å². The number of ether oxygens (including phenoxy) is 1. The zero-order chi connectivity index (χ0) is 8.69. The van der Waals surface area contributed by atoms with Crippen molar-refractivity contribution >= 4 is 6.09 Å². The van der Waals surface area contributed by atoms with Crippen LogP contribution >= 0.6 is 0 Å². The lowest BCUT2D eigenvalue weighted by Crippen LogP contribution is -2.31. The summed E-state index contributed by atoms with van der Waals surface area (Å²) in [6.45, 7) is 3.02. The zero-order valence-electron chi connectivity index (χ0n) is 6.74. The van der Waals surface area contributed by atoms with Crippen molar-refractivity contribution in [3.05, 3.63) is 0 Å². The van der Waals surface area contributed by atoms with Crippen LogP contribution in [0.2, 0.25) is 0 Å². The average Bonchev–Trinajstić information content (AvgIpc) is 1.97. The van der Waals surface area contributed by atoms with E-state index in [4.69, 9.17) is 9.84 Å². The number of nitrogens with zero attached hydrogens (tertiary/aromatic N) is 1. The Morgan fingerprint density at radius 1 is 1.64 bits per heavy atom. The van der Waals surface area contributed by atoms with E-state index in [-0.39, 0.29) is 6.54 Å². The molecule has 66 valence electrons. The number of carboxylic acid groups (broad SMARTS) is 1. The minimum Gasteiger partial charge on any atom is -0.463 e. The molecule has 0 unspecified atom stereocenters. The molecule has 0 heterocycles. The predicted molar refractivity (Wildman–Crippen MR) is 38.2 cm³/mol. The maximum absolute atomic E-state index is 10.3. The Morgan fingerprint density at radius 2 is 2.27 bits per heavy atom. The van der Waals surface area contributed by atoms with Gasteiger partial charge in [-0.1, -0.05) is 0 Å². The van der Waals surface area contributed by atoms with Crippen LogP contribution in [-0.4, -0.2) is 43.1 Å². The molecule has 0 spiro atoms. The van der Waals surface area contributed by atoms with E-state index in [2.05, 4.69) is 4.84 Å². The lowest BCUT2D eigenvalue weighted by Gasteiger charge is -2.14. The average molecular weight is 163 g/mol. The van der Waals surface area contributed by atoms with Crippen LogP contribution in [0.5, 0.6) is 0 Å². The molecule has 0 aromatic heterocycles. The molecule has 1 N–H and O–H groups in total. The number of amides is 1. The van der Waals surface area contributed by atoms with Gasteiger partial charge in [0.1, 0.15) is 0 Å². The topological polar surface area (TPSA) is 59.0 Å². The van der Waals surface area contributed by atoms with E-state index in [9.17, 15) is 4.79 Å². The van der Waals surface area contributed by atoms with Crippen LogP contribution in [0.15, 0.2) is 0 Å². The van der Waals surface area contributed by atoms with Gasteiger partial charge in [0, 0.05) is 6.61 Å². The normalized spacial score (nSPS) is 9.64. The highest BCUT2D eigenvalue weighted by Gasteiger charge is 2.08. The van der Waals surface area contributed by atoms with Gasteiger partial charge in [-0.25, -0.2) is 4.79 Å². The first-order chi connectivity index (χ1) is 5.22. The smallest absolute Gasteiger partial charge is 0.431 e. The highest BCUT2D eigenvalue weighted by atomic mass is 16.7. The highest BCUT2D eigenvalue weighted by molar-refractivity contribution is 5.63. The van der Waals surface area contributed by atoms with Crippen molar-refractivity contribution in [3.63, 3.8) is 0 Å². The number of carbonyl (C=O) groups is 1. The molecule has 0 aromatic carbocycles. The molecule has 1 amide bonds. The molecule has 0 aromatic rings. The molecular formula is C6H13NO4. The number of rotatable bonds is 5. The standard InChI is InChI=1S/C6H13NO4/c1-3-11-5-4-7(10-2)6(8)9/h3-5H2,1-2H3,(H,8,9). The Labute approximate surface area is 65.5 Å². The molecular weight excluding hydrogens is 150 g/mol. The van der Waals surface area contributed by atoms with Gasteiger partial charge in [-0.2, -0.15) is 5.06 Å². The summed E-state index contributed by atoms with van der Waals surface area (Å²) in [6, 6.07) is 0. The van der Waals surface area contributed by atoms with Gasteiger partial charge in [0.2, 0.25) is 0 Å². The fraction of sp³-hybridized carbons (Fsp3) is 0.833. The van der Waals surface area contributed by atoms with Crippen molar-refractivity contribution in [2.75, 3.05) is 26.9 Å². The summed E-state index contributed by atoms with van der Waals surface area (Å²) in [5.74, 6) is 0. The quantitative estimate of drug-likeness (QED) is 0.475. The Morgan fingerprint density at radius 3 is 2.64 bits per heavy atom. The number of hydrogen-bond donors (Lipinski definition) is 1. The first-order valence-corrected chi connectivity index (χ1v) is 3.34. The zero-order valence-corrected chi connectivity index (χ0v) is 6.74. The maximum atomic E-state index is 10.3. The minimum absolute atomic E-state index is 0.236. The largest absolute Gasteiger partial charge is 0.463 e. The molecule has 0 saturated heterocycles. The molecule has 5 nitrogen and oxygen atoms in total. The van der Waals surface area contributed by atoms with Gasteiger partial charge in [-0.15, -0.1) is 0 Å². The minimum atomic E-state index is -1.10. The monoisotopic (exact) mass is 163 g/mol. The van der Waals surface area contributed by atoms with E-state index in [1.807, 2.05) is 6.92 Å². The van der Waals surface area contributed by atoms with Gasteiger partial charge in [-0.05, 0) is 6.92 Å². The van der Waals surface area contributed by atoms with Gasteiger partial charge in [0.05, 0.1) is 20.3 Å². The molecule has 0 atom stereocenters. The van der Waals surface area contributed by atoms with Gasteiger partial charge in [0.25, 0.3) is 0 Å². The second-order valence-electron chi connectivity index (χ2n) is 1.76. The summed E-state index contributed by atoms with van der Waals surface area (Å²) in [4.78, 5) is 14.8. The third-order valence-corrected chi connectivity index (χ3v) is 1.08. The first kappa shape index (κ1) is 10.2. The third-order valence-electron chi connectivity index (χ3n) is 1.08. The van der Waals surface area contributed by atoms with Crippen LogP contribution in [0.3, 0.4) is 0 Å². The van der Waals surface area contributed by atoms with E-state index < -0.39 is 6.09 Å². The molecule has 0 radical (unpaired) electrons. The van der Waals surface area contributed by atoms with Crippen molar-refractivity contribution in [1.82, 2.24) is 5.06 Å². The molecule has 0 aliphatic rings. The highest BCUT2D eigenvalue weighted by Crippen LogP contribution is 1.88. The van der Waals surface area contributed by atoms with Gasteiger partial charge in [0.15, 0.2) is 0 Å². The Hall–Kier alpha value is -0.810. The Kier molecular flexibility index (Phi) is 5.50. The van der Waals surface area contributed by atoms with Crippen molar-refractivity contribution < 1.29 is 19.5 Å². The van der Waals surface area contributed by atoms with Crippen LogP contribution in [0, 0.1) is 0 Å². The fourth-order valence-corrected chi connectivity index (χ4v) is 0.557. The number of hydroxylamine groups is 2. The fourth-order valence-electron chi connectivity index (χ4n) is 0.557. The van der Waals surface area contributed by atoms with Crippen LogP contribution in [0.25, 0.3) is 0 Å². The second kappa shape index (κ2) is 5.94. The van der Waals surface area contributed by atoms with Crippen molar-refractivity contribution in [2.45, 2.75) is 6.92 Å². The summed E-state index contributed by atoms with van der Waals surface area (Å²) >= 11 is 0. The van der Waals surface area contributed by atoms with E-state index in [0.717, 1.165) is 5.06 Å². The second-order valence-corrected chi connectivity index (χ2v) is 1.76. The van der Waals surface area contributed by atoms with Gasteiger partial charge < -0.3 is 9.84 Å². The summed E-state index contributed by atoms with van der Waals surface area (Å²) < 4.78 is 4.93. The summed E-state index contributed by atoms with van der Waals surface area (Å²) in [7, 11) is 1.31. The maximum Gasteiger partial charge on any atom is 0.431 e. The van der Waals surface area contributed by atoms with Crippen molar-refractivity contribution in [1.29, 1.82) is 0 Å². The molecule has 0 bridgehead atoms. The molecule has 0 rings (SSSR count). The van der Waals surface area contributed by atoms with Crippen molar-refractivity contribution in [2.24, 2.45) is 0 Å². The lowest BCUT2D eigenvalue weighted by atomic mass is 10.6. The lowest BCUT2D eigenvalue weighted by molar-refractivity contribution is -0.112. The molecule has 0 aliphatic heterocycles.